The Morgan fingerprint density at radius 2 is 1.72 bits per heavy atom. The normalized spacial score (nSPS) is 15.1. The van der Waals surface area contributed by atoms with Crippen molar-refractivity contribution in [1.82, 2.24) is 0 Å². The number of carbonyl (C=O) groups is 2. The maximum Gasteiger partial charge on any atom is 0.340 e. The van der Waals surface area contributed by atoms with Crippen molar-refractivity contribution in [1.29, 1.82) is 0 Å². The fourth-order valence-corrected chi connectivity index (χ4v) is 3.21. The maximum atomic E-state index is 14.4. The van der Waals surface area contributed by atoms with Gasteiger partial charge in [0.2, 0.25) is 0 Å². The monoisotopic (exact) mass is 397 g/mol. The number of para-hydroxylation sites is 1. The minimum absolute atomic E-state index is 0.0621. The Labute approximate surface area is 167 Å². The number of hydrogen-bond acceptors (Lipinski definition) is 5. The van der Waals surface area contributed by atoms with Crippen LogP contribution >= 0.6 is 0 Å². The van der Waals surface area contributed by atoms with Crippen molar-refractivity contribution in [3.8, 4) is 11.5 Å². The molecule has 1 aliphatic rings. The third-order valence-electron chi connectivity index (χ3n) is 4.60. The predicted octanol–water partition coefficient (Wildman–Crippen LogP) is 3.72. The van der Waals surface area contributed by atoms with Gasteiger partial charge in [0, 0.05) is 5.70 Å². The number of methoxy groups -OCH3 is 3. The average molecular weight is 397 g/mol. The summed E-state index contributed by atoms with van der Waals surface area (Å²) < 4.78 is 29.7. The third kappa shape index (κ3) is 3.59. The molecule has 29 heavy (non-hydrogen) atoms. The number of benzene rings is 2. The molecule has 0 bridgehead atoms. The first-order valence-corrected chi connectivity index (χ1v) is 8.75. The first-order valence-electron chi connectivity index (χ1n) is 8.75. The highest BCUT2D eigenvalue weighted by molar-refractivity contribution is 6.23. The topological polar surface area (TPSA) is 65.1 Å². The van der Waals surface area contributed by atoms with E-state index in [1.807, 2.05) is 0 Å². The second kappa shape index (κ2) is 8.18. The van der Waals surface area contributed by atoms with Gasteiger partial charge in [0.15, 0.2) is 11.5 Å². The molecule has 1 amide bonds. The Bertz CT molecular complexity index is 1040. The van der Waals surface area contributed by atoms with E-state index < -0.39 is 17.7 Å². The molecule has 6 nitrogen and oxygen atoms in total. The van der Waals surface area contributed by atoms with Gasteiger partial charge in [0.25, 0.3) is 5.91 Å². The van der Waals surface area contributed by atoms with E-state index in [-0.39, 0.29) is 16.8 Å². The molecule has 0 radical (unpaired) electrons. The van der Waals surface area contributed by atoms with Crippen LogP contribution in [0.4, 0.5) is 10.1 Å². The van der Waals surface area contributed by atoms with Gasteiger partial charge >= 0.3 is 5.97 Å². The highest BCUT2D eigenvalue weighted by Gasteiger charge is 2.38. The van der Waals surface area contributed by atoms with E-state index in [9.17, 15) is 14.0 Å². The number of halogens is 1. The fourth-order valence-electron chi connectivity index (χ4n) is 3.21. The number of amides is 1. The van der Waals surface area contributed by atoms with Crippen molar-refractivity contribution in [3.63, 3.8) is 0 Å². The van der Waals surface area contributed by atoms with Crippen molar-refractivity contribution < 1.29 is 28.2 Å². The van der Waals surface area contributed by atoms with Crippen molar-refractivity contribution in [3.05, 3.63) is 70.7 Å². The molecule has 150 valence electrons. The van der Waals surface area contributed by atoms with E-state index in [1.54, 1.807) is 37.3 Å². The largest absolute Gasteiger partial charge is 0.493 e. The summed E-state index contributed by atoms with van der Waals surface area (Å²) >= 11 is 0. The SMILES string of the molecule is COC(=O)C1=C(C)N(c2ccccc2F)C(=O)/C1=C\c1ccc(OC)c(OC)c1. The molecule has 2 aromatic carbocycles. The van der Waals surface area contributed by atoms with Crippen molar-refractivity contribution in [2.75, 3.05) is 26.2 Å². The number of nitrogens with zero attached hydrogens (tertiary/aromatic N) is 1. The minimum Gasteiger partial charge on any atom is -0.493 e. The van der Waals surface area contributed by atoms with E-state index in [1.165, 1.54) is 44.4 Å². The van der Waals surface area contributed by atoms with Crippen molar-refractivity contribution >= 4 is 23.6 Å². The number of rotatable bonds is 5. The van der Waals surface area contributed by atoms with Crippen molar-refractivity contribution in [2.24, 2.45) is 0 Å². The first kappa shape index (κ1) is 20.1. The summed E-state index contributed by atoms with van der Waals surface area (Å²) in [5.41, 5.74) is 1.14. The number of allylic oxidation sites excluding steroid dienone is 1. The lowest BCUT2D eigenvalue weighted by Gasteiger charge is -2.18. The van der Waals surface area contributed by atoms with Crippen molar-refractivity contribution in [2.45, 2.75) is 6.92 Å². The first-order chi connectivity index (χ1) is 13.9. The molecule has 3 rings (SSSR count). The molecule has 1 heterocycles. The molecule has 0 saturated heterocycles. The van der Waals surface area contributed by atoms with E-state index in [0.29, 0.717) is 22.8 Å². The third-order valence-corrected chi connectivity index (χ3v) is 4.60. The molecule has 0 atom stereocenters. The molecule has 0 N–H and O–H groups in total. The van der Waals surface area contributed by atoms with E-state index in [2.05, 4.69) is 0 Å². The molecule has 0 unspecified atom stereocenters. The van der Waals surface area contributed by atoms with Gasteiger partial charge < -0.3 is 14.2 Å². The van der Waals surface area contributed by atoms with E-state index >= 15 is 0 Å². The number of anilines is 1. The lowest BCUT2D eigenvalue weighted by atomic mass is 10.0. The molecular formula is C22H20FNO5. The summed E-state index contributed by atoms with van der Waals surface area (Å²) in [6.45, 7) is 1.58. The smallest absolute Gasteiger partial charge is 0.340 e. The number of carbonyl (C=O) groups excluding carboxylic acids is 2. The van der Waals surface area contributed by atoms with Crippen LogP contribution in [0.25, 0.3) is 6.08 Å². The maximum absolute atomic E-state index is 14.4. The molecule has 0 aliphatic carbocycles. The average Bonchev–Trinajstić information content (AvgIpc) is 2.97. The van der Waals surface area contributed by atoms with Crippen LogP contribution in [0.2, 0.25) is 0 Å². The van der Waals surface area contributed by atoms with Gasteiger partial charge in [-0.25, -0.2) is 9.18 Å². The zero-order valence-corrected chi connectivity index (χ0v) is 16.5. The van der Waals surface area contributed by atoms with E-state index in [0.717, 1.165) is 0 Å². The molecule has 0 spiro atoms. The van der Waals surface area contributed by atoms with Crippen LogP contribution in [0.15, 0.2) is 59.3 Å². The van der Waals surface area contributed by atoms with Crippen LogP contribution < -0.4 is 14.4 Å². The Kier molecular flexibility index (Phi) is 5.68. The van der Waals surface area contributed by atoms with Crippen LogP contribution in [-0.4, -0.2) is 33.2 Å². The molecule has 0 aromatic heterocycles. The number of esters is 1. The van der Waals surface area contributed by atoms with Gasteiger partial charge in [0.1, 0.15) is 5.82 Å². The van der Waals surface area contributed by atoms with Crippen LogP contribution in [0.3, 0.4) is 0 Å². The van der Waals surface area contributed by atoms with Gasteiger partial charge in [-0.15, -0.1) is 0 Å². The summed E-state index contributed by atoms with van der Waals surface area (Å²) in [4.78, 5) is 26.8. The Morgan fingerprint density at radius 1 is 1.03 bits per heavy atom. The Hall–Kier alpha value is -3.61. The van der Waals surface area contributed by atoms with Crippen LogP contribution in [0.1, 0.15) is 12.5 Å². The quantitative estimate of drug-likeness (QED) is 0.568. The Balaban J connectivity index is 2.15. The number of ether oxygens (including phenoxy) is 3. The molecular weight excluding hydrogens is 377 g/mol. The fraction of sp³-hybridized carbons (Fsp3) is 0.182. The molecule has 7 heteroatoms. The summed E-state index contributed by atoms with van der Waals surface area (Å²) in [5.74, 6) is -0.778. The standard InChI is InChI=1S/C22H20FNO5/c1-13-20(22(26)29-4)15(11-14-9-10-18(27-2)19(12-14)28-3)21(25)24(13)17-8-6-5-7-16(17)23/h5-12H,1-4H3/b15-11-. The molecule has 2 aromatic rings. The van der Waals surface area contributed by atoms with Crippen LogP contribution in [-0.2, 0) is 14.3 Å². The van der Waals surface area contributed by atoms with E-state index in [4.69, 9.17) is 14.2 Å². The zero-order chi connectivity index (χ0) is 21.1. The molecule has 1 aliphatic heterocycles. The summed E-state index contributed by atoms with van der Waals surface area (Å²) in [5, 5.41) is 0. The highest BCUT2D eigenvalue weighted by Crippen LogP contribution is 2.37. The van der Waals surface area contributed by atoms with Gasteiger partial charge in [-0.05, 0) is 42.8 Å². The second-order valence-electron chi connectivity index (χ2n) is 6.22. The number of hydrogen-bond donors (Lipinski definition) is 0. The lowest BCUT2D eigenvalue weighted by Crippen LogP contribution is -2.25. The van der Waals surface area contributed by atoms with Gasteiger partial charge in [-0.1, -0.05) is 18.2 Å². The van der Waals surface area contributed by atoms with Gasteiger partial charge in [0.05, 0.1) is 38.2 Å². The lowest BCUT2D eigenvalue weighted by molar-refractivity contribution is -0.136. The van der Waals surface area contributed by atoms with Gasteiger partial charge in [-0.3, -0.25) is 9.69 Å². The summed E-state index contributed by atoms with van der Waals surface area (Å²) in [6.07, 6.45) is 1.54. The molecule has 0 saturated carbocycles. The van der Waals surface area contributed by atoms with Crippen LogP contribution in [0, 0.1) is 5.82 Å². The van der Waals surface area contributed by atoms with Crippen LogP contribution in [0.5, 0.6) is 11.5 Å². The summed E-state index contributed by atoms with van der Waals surface area (Å²) in [6, 6.07) is 11.0. The molecule has 0 fully saturated rings. The summed E-state index contributed by atoms with van der Waals surface area (Å²) in [7, 11) is 4.25. The Morgan fingerprint density at radius 3 is 2.34 bits per heavy atom. The zero-order valence-electron chi connectivity index (χ0n) is 16.5. The second-order valence-corrected chi connectivity index (χ2v) is 6.22. The predicted molar refractivity (Wildman–Crippen MR) is 106 cm³/mol. The minimum atomic E-state index is -0.679. The highest BCUT2D eigenvalue weighted by atomic mass is 19.1. The van der Waals surface area contributed by atoms with Gasteiger partial charge in [-0.2, -0.15) is 0 Å².